The molecule has 0 bridgehead atoms. The number of carbonyl (C=O) groups excluding carboxylic acids is 1. The molecule has 18 heavy (non-hydrogen) atoms. The molecule has 0 spiro atoms. The second-order valence-electron chi connectivity index (χ2n) is 3.19. The summed E-state index contributed by atoms with van der Waals surface area (Å²) >= 11 is 0. The lowest BCUT2D eigenvalue weighted by atomic mass is 10.3. The summed E-state index contributed by atoms with van der Waals surface area (Å²) < 4.78 is 31.7. The molecule has 7 nitrogen and oxygen atoms in total. The van der Waals surface area contributed by atoms with E-state index in [0.29, 0.717) is 13.1 Å². The molecule has 0 aliphatic carbocycles. The van der Waals surface area contributed by atoms with Gasteiger partial charge in [0, 0.05) is 13.1 Å². The van der Waals surface area contributed by atoms with E-state index in [0.717, 1.165) is 0 Å². The van der Waals surface area contributed by atoms with Gasteiger partial charge < -0.3 is 20.4 Å². The Hall–Kier alpha value is -1.84. The van der Waals surface area contributed by atoms with Crippen molar-refractivity contribution in [3.8, 4) is 0 Å². The molecule has 3 N–H and O–H groups in total. The van der Waals surface area contributed by atoms with Gasteiger partial charge in [0.25, 0.3) is 0 Å². The molecule has 0 atom stereocenters. The third-order valence-electron chi connectivity index (χ3n) is 1.76. The fourth-order valence-electron chi connectivity index (χ4n) is 0.976. The molecule has 0 aromatic heterocycles. The molecule has 0 radical (unpaired) electrons. The fraction of sp³-hybridized carbons (Fsp3) is 0.625. The number of halogens is 3. The third-order valence-corrected chi connectivity index (χ3v) is 1.76. The predicted molar refractivity (Wildman–Crippen MR) is 50.8 cm³/mol. The summed E-state index contributed by atoms with van der Waals surface area (Å²) in [5.41, 5.74) is 0. The average molecular weight is 272 g/mol. The van der Waals surface area contributed by atoms with Gasteiger partial charge in [-0.1, -0.05) is 0 Å². The Morgan fingerprint density at radius 3 is 2.17 bits per heavy atom. The van der Waals surface area contributed by atoms with Gasteiger partial charge in [-0.05, 0) is 0 Å². The largest absolute Gasteiger partial charge is 0.490 e. The highest BCUT2D eigenvalue weighted by atomic mass is 19.4. The summed E-state index contributed by atoms with van der Waals surface area (Å²) in [6.07, 6.45) is -5.08. The van der Waals surface area contributed by atoms with Crippen molar-refractivity contribution in [3.63, 3.8) is 0 Å². The van der Waals surface area contributed by atoms with Gasteiger partial charge >= 0.3 is 18.1 Å². The van der Waals surface area contributed by atoms with Crippen LogP contribution in [0.3, 0.4) is 0 Å². The first-order chi connectivity index (χ1) is 8.14. The molecule has 1 amide bonds. The third kappa shape index (κ3) is 6.68. The van der Waals surface area contributed by atoms with Crippen molar-refractivity contribution in [2.75, 3.05) is 26.2 Å². The fourth-order valence-corrected chi connectivity index (χ4v) is 0.976. The first kappa shape index (κ1) is 16.2. The molecule has 0 unspecified atom stereocenters. The highest BCUT2D eigenvalue weighted by molar-refractivity contribution is 5.83. The van der Waals surface area contributed by atoms with Crippen LogP contribution in [-0.4, -0.2) is 65.3 Å². The van der Waals surface area contributed by atoms with Crippen LogP contribution >= 0.6 is 0 Å². The van der Waals surface area contributed by atoms with Crippen LogP contribution in [0.2, 0.25) is 0 Å². The zero-order chi connectivity index (χ0) is 14.3. The van der Waals surface area contributed by atoms with E-state index < -0.39 is 18.1 Å². The lowest BCUT2D eigenvalue weighted by Gasteiger charge is -2.25. The number of nitrogens with one attached hydrogen (secondary N) is 1. The van der Waals surface area contributed by atoms with Crippen molar-refractivity contribution in [3.05, 3.63) is 0 Å². The van der Waals surface area contributed by atoms with E-state index in [-0.39, 0.29) is 19.0 Å². The summed E-state index contributed by atoms with van der Waals surface area (Å²) in [7, 11) is 0. The van der Waals surface area contributed by atoms with Crippen LogP contribution < -0.4 is 5.32 Å². The summed E-state index contributed by atoms with van der Waals surface area (Å²) in [4.78, 5) is 31.4. The molecular weight excluding hydrogens is 261 g/mol. The average Bonchev–Trinajstić information content (AvgIpc) is 2.20. The Bertz CT molecular complexity index is 331. The minimum absolute atomic E-state index is 0.140. The lowest BCUT2D eigenvalue weighted by molar-refractivity contribution is -0.192. The number of amides is 1. The van der Waals surface area contributed by atoms with Crippen LogP contribution in [0, 0.1) is 0 Å². The van der Waals surface area contributed by atoms with Crippen LogP contribution in [0.25, 0.3) is 0 Å². The van der Waals surface area contributed by atoms with E-state index in [9.17, 15) is 22.8 Å². The zero-order valence-corrected chi connectivity index (χ0v) is 9.03. The first-order valence-corrected chi connectivity index (χ1v) is 4.65. The van der Waals surface area contributed by atoms with Crippen molar-refractivity contribution in [2.45, 2.75) is 6.18 Å². The zero-order valence-electron chi connectivity index (χ0n) is 9.03. The van der Waals surface area contributed by atoms with E-state index in [2.05, 4.69) is 5.32 Å². The molecule has 10 heteroatoms. The first-order valence-electron chi connectivity index (χ1n) is 4.65. The molecule has 0 aromatic carbocycles. The van der Waals surface area contributed by atoms with E-state index in [4.69, 9.17) is 15.0 Å². The monoisotopic (exact) mass is 272 g/mol. The van der Waals surface area contributed by atoms with E-state index >= 15 is 0 Å². The quantitative estimate of drug-likeness (QED) is 0.603. The van der Waals surface area contributed by atoms with Crippen LogP contribution in [0.4, 0.5) is 13.2 Å². The molecule has 0 saturated carbocycles. The Kier molecular flexibility index (Phi) is 6.09. The number of nitrogens with zero attached hydrogens (tertiary/aromatic N) is 1. The molecule has 1 aliphatic heterocycles. The number of aliphatic carboxylic acids is 2. The minimum Gasteiger partial charge on any atom is -0.480 e. The molecule has 104 valence electrons. The summed E-state index contributed by atoms with van der Waals surface area (Å²) in [5, 5.41) is 18.3. The number of alkyl halides is 3. The van der Waals surface area contributed by atoms with E-state index in [1.807, 2.05) is 0 Å². The predicted octanol–water partition coefficient (Wildman–Crippen LogP) is -0.864. The number of carboxylic acids is 2. The maximum Gasteiger partial charge on any atom is 0.490 e. The van der Waals surface area contributed by atoms with E-state index in [1.54, 1.807) is 0 Å². The summed E-state index contributed by atoms with van der Waals surface area (Å²) in [6, 6.07) is 0. The molecule has 1 saturated heterocycles. The molecular formula is C8H11F3N2O5. The standard InChI is InChI=1S/C6H10N2O3.C2HF3O2/c9-5-3-7-1-2-8(5)4-6(10)11;3-2(4,5)1(6)7/h7H,1-4H2,(H,10,11);(H,6,7). The van der Waals surface area contributed by atoms with Gasteiger partial charge in [0.2, 0.25) is 5.91 Å². The van der Waals surface area contributed by atoms with Gasteiger partial charge in [-0.25, -0.2) is 4.79 Å². The normalized spacial score (nSPS) is 15.7. The second-order valence-corrected chi connectivity index (χ2v) is 3.19. The number of piperazine rings is 1. The molecule has 1 rings (SSSR count). The molecule has 1 aliphatic rings. The SMILES string of the molecule is O=C(O)C(F)(F)F.O=C(O)CN1CCNCC1=O. The van der Waals surface area contributed by atoms with Crippen molar-refractivity contribution >= 4 is 17.8 Å². The van der Waals surface area contributed by atoms with Crippen LogP contribution in [-0.2, 0) is 14.4 Å². The maximum absolute atomic E-state index is 10.9. The van der Waals surface area contributed by atoms with Gasteiger partial charge in [0.15, 0.2) is 0 Å². The molecule has 0 aromatic rings. The van der Waals surface area contributed by atoms with Gasteiger partial charge in [-0.2, -0.15) is 13.2 Å². The van der Waals surface area contributed by atoms with Gasteiger partial charge in [-0.3, -0.25) is 9.59 Å². The Morgan fingerprint density at radius 2 is 1.83 bits per heavy atom. The number of hydrogen-bond acceptors (Lipinski definition) is 4. The highest BCUT2D eigenvalue weighted by Crippen LogP contribution is 2.13. The Labute approximate surface area is 99.2 Å². The van der Waals surface area contributed by atoms with Crippen LogP contribution in [0.5, 0.6) is 0 Å². The minimum atomic E-state index is -5.08. The van der Waals surface area contributed by atoms with Crippen LogP contribution in [0.1, 0.15) is 0 Å². The second kappa shape index (κ2) is 6.79. The number of carboxylic acid groups (broad SMARTS) is 2. The lowest BCUT2D eigenvalue weighted by Crippen LogP contribution is -2.49. The van der Waals surface area contributed by atoms with Crippen molar-refractivity contribution in [1.29, 1.82) is 0 Å². The smallest absolute Gasteiger partial charge is 0.480 e. The molecule has 1 fully saturated rings. The number of rotatable bonds is 2. The van der Waals surface area contributed by atoms with Crippen molar-refractivity contribution < 1.29 is 37.8 Å². The van der Waals surface area contributed by atoms with Crippen LogP contribution in [0.15, 0.2) is 0 Å². The summed E-state index contributed by atoms with van der Waals surface area (Å²) in [5.74, 6) is -3.86. The van der Waals surface area contributed by atoms with Gasteiger partial charge in [0.1, 0.15) is 6.54 Å². The summed E-state index contributed by atoms with van der Waals surface area (Å²) in [6.45, 7) is 1.25. The van der Waals surface area contributed by atoms with E-state index in [1.165, 1.54) is 4.90 Å². The number of hydrogen-bond donors (Lipinski definition) is 3. The highest BCUT2D eigenvalue weighted by Gasteiger charge is 2.38. The number of carbonyl (C=O) groups is 3. The Balaban J connectivity index is 0.000000360. The van der Waals surface area contributed by atoms with Crippen molar-refractivity contribution in [2.24, 2.45) is 0 Å². The van der Waals surface area contributed by atoms with Crippen molar-refractivity contribution in [1.82, 2.24) is 10.2 Å². The maximum atomic E-state index is 10.9. The molecule has 1 heterocycles. The topological polar surface area (TPSA) is 107 Å². The van der Waals surface area contributed by atoms with Gasteiger partial charge in [-0.15, -0.1) is 0 Å². The Morgan fingerprint density at radius 1 is 1.33 bits per heavy atom. The van der Waals surface area contributed by atoms with Gasteiger partial charge in [0.05, 0.1) is 6.54 Å².